The number of carbonyl (C=O) groups is 2. The predicted octanol–water partition coefficient (Wildman–Crippen LogP) is 3.07. The van der Waals surface area contributed by atoms with E-state index in [4.69, 9.17) is 8.92 Å². The molecule has 11 heteroatoms. The fourth-order valence-corrected chi connectivity index (χ4v) is 4.80. The van der Waals surface area contributed by atoms with Gasteiger partial charge in [-0.25, -0.2) is 9.82 Å². The first-order valence-corrected chi connectivity index (χ1v) is 12.7. The van der Waals surface area contributed by atoms with Crippen LogP contribution in [0.2, 0.25) is 0 Å². The first-order valence-electron chi connectivity index (χ1n) is 11.3. The van der Waals surface area contributed by atoms with Gasteiger partial charge in [0.25, 0.3) is 5.91 Å². The van der Waals surface area contributed by atoms with Crippen molar-refractivity contribution in [2.45, 2.75) is 17.2 Å². The smallest absolute Gasteiger partial charge is 0.339 e. The molecule has 0 bridgehead atoms. The van der Waals surface area contributed by atoms with Crippen molar-refractivity contribution in [2.24, 2.45) is 5.10 Å². The third-order valence-electron chi connectivity index (χ3n) is 5.71. The number of methoxy groups -OCH3 is 1. The van der Waals surface area contributed by atoms with E-state index in [1.165, 1.54) is 36.4 Å². The largest absolute Gasteiger partial charge is 0.493 e. The molecule has 2 amide bonds. The molecule has 0 spiro atoms. The second-order valence-electron chi connectivity index (χ2n) is 8.28. The van der Waals surface area contributed by atoms with Gasteiger partial charge in [-0.2, -0.15) is 13.5 Å². The highest BCUT2D eigenvalue weighted by Gasteiger charge is 2.31. The molecule has 1 heterocycles. The van der Waals surface area contributed by atoms with Gasteiger partial charge in [-0.05, 0) is 53.6 Å². The lowest BCUT2D eigenvalue weighted by Crippen LogP contribution is -2.36. The highest BCUT2D eigenvalue weighted by atomic mass is 32.2. The third kappa shape index (κ3) is 6.50. The molecular formula is C26H24FN3O6S. The van der Waals surface area contributed by atoms with Crippen LogP contribution in [-0.2, 0) is 19.7 Å². The maximum absolute atomic E-state index is 13.1. The molecule has 0 saturated carbocycles. The number of benzene rings is 3. The van der Waals surface area contributed by atoms with Crippen LogP contribution in [0.5, 0.6) is 11.5 Å². The number of halogens is 1. The normalized spacial score (nSPS) is 15.7. The van der Waals surface area contributed by atoms with E-state index >= 15 is 0 Å². The number of hydrogen-bond donors (Lipinski definition) is 1. The first kappa shape index (κ1) is 25.8. The Balaban J connectivity index is 1.34. The molecule has 0 aliphatic carbocycles. The zero-order chi connectivity index (χ0) is 26.4. The number of nitrogens with one attached hydrogen (secondary N) is 1. The monoisotopic (exact) mass is 525 g/mol. The van der Waals surface area contributed by atoms with Crippen LogP contribution < -0.4 is 14.3 Å². The predicted molar refractivity (Wildman–Crippen MR) is 133 cm³/mol. The van der Waals surface area contributed by atoms with E-state index < -0.39 is 21.8 Å². The number of rotatable bonds is 9. The summed E-state index contributed by atoms with van der Waals surface area (Å²) in [6.45, 7) is 0.344. The van der Waals surface area contributed by atoms with Gasteiger partial charge in [0, 0.05) is 18.9 Å². The summed E-state index contributed by atoms with van der Waals surface area (Å²) in [4.78, 5) is 25.9. The van der Waals surface area contributed by atoms with Gasteiger partial charge in [-0.15, -0.1) is 0 Å². The fraction of sp³-hybridized carbons (Fsp3) is 0.192. The van der Waals surface area contributed by atoms with Gasteiger partial charge in [-0.1, -0.05) is 30.3 Å². The molecule has 0 aromatic heterocycles. The standard InChI is InChI=1S/C26H24FN3O6S/c1-35-24-13-18(7-12-23(24)36-37(33,34)22-10-8-21(27)9-11-22)15-28-29-25(31)17-30-16-20(14-26(30)32)19-5-3-2-4-6-19/h2-13,15,20H,14,16-17H2,1H3,(H,29,31)/b28-15-/t20-/m1/s1. The summed E-state index contributed by atoms with van der Waals surface area (Å²) in [5.41, 5.74) is 3.94. The van der Waals surface area contributed by atoms with E-state index in [9.17, 15) is 22.4 Å². The van der Waals surface area contributed by atoms with Gasteiger partial charge >= 0.3 is 10.1 Å². The highest BCUT2D eigenvalue weighted by molar-refractivity contribution is 7.87. The molecule has 4 rings (SSSR count). The van der Waals surface area contributed by atoms with Crippen LogP contribution in [0, 0.1) is 5.82 Å². The van der Waals surface area contributed by atoms with E-state index in [0.717, 1.165) is 29.8 Å². The Morgan fingerprint density at radius 2 is 1.84 bits per heavy atom. The topological polar surface area (TPSA) is 114 Å². The summed E-state index contributed by atoms with van der Waals surface area (Å²) in [5, 5.41) is 3.91. The summed E-state index contributed by atoms with van der Waals surface area (Å²) in [6, 6.07) is 18.3. The van der Waals surface area contributed by atoms with Gasteiger partial charge in [0.15, 0.2) is 11.5 Å². The molecule has 3 aromatic carbocycles. The lowest BCUT2D eigenvalue weighted by molar-refractivity contribution is -0.133. The van der Waals surface area contributed by atoms with Gasteiger partial charge in [0.05, 0.1) is 13.3 Å². The number of amides is 2. The van der Waals surface area contributed by atoms with Crippen molar-refractivity contribution < 1.29 is 31.3 Å². The Morgan fingerprint density at radius 3 is 2.54 bits per heavy atom. The molecule has 1 aliphatic rings. The van der Waals surface area contributed by atoms with Crippen LogP contribution in [0.1, 0.15) is 23.5 Å². The van der Waals surface area contributed by atoms with Crippen LogP contribution in [0.25, 0.3) is 0 Å². The quantitative estimate of drug-likeness (QED) is 0.261. The van der Waals surface area contributed by atoms with Crippen molar-refractivity contribution in [2.75, 3.05) is 20.2 Å². The minimum absolute atomic E-state index is 0.0464. The number of hydrazone groups is 1. The maximum atomic E-state index is 13.1. The van der Waals surface area contributed by atoms with Crippen LogP contribution in [0.15, 0.2) is 82.8 Å². The number of carbonyl (C=O) groups excluding carboxylic acids is 2. The van der Waals surface area contributed by atoms with Crippen molar-refractivity contribution in [3.63, 3.8) is 0 Å². The zero-order valence-electron chi connectivity index (χ0n) is 19.8. The SMILES string of the molecule is COc1cc(/C=N\NC(=O)CN2C[C@H](c3ccccc3)CC2=O)ccc1OS(=O)(=O)c1ccc(F)cc1. The average molecular weight is 526 g/mol. The molecule has 1 fully saturated rings. The highest BCUT2D eigenvalue weighted by Crippen LogP contribution is 2.31. The second-order valence-corrected chi connectivity index (χ2v) is 9.83. The van der Waals surface area contributed by atoms with E-state index in [1.807, 2.05) is 30.3 Å². The van der Waals surface area contributed by atoms with Gasteiger partial charge in [0.2, 0.25) is 5.91 Å². The van der Waals surface area contributed by atoms with Crippen LogP contribution in [-0.4, -0.2) is 51.5 Å². The summed E-state index contributed by atoms with van der Waals surface area (Å²) >= 11 is 0. The van der Waals surface area contributed by atoms with Crippen molar-refractivity contribution in [1.82, 2.24) is 10.3 Å². The molecule has 192 valence electrons. The van der Waals surface area contributed by atoms with E-state index in [-0.39, 0.29) is 34.8 Å². The molecule has 9 nitrogen and oxygen atoms in total. The Kier molecular flexibility index (Phi) is 7.83. The number of ether oxygens (including phenoxy) is 1. The van der Waals surface area contributed by atoms with E-state index in [0.29, 0.717) is 18.5 Å². The van der Waals surface area contributed by atoms with Crippen molar-refractivity contribution in [3.8, 4) is 11.5 Å². The maximum Gasteiger partial charge on any atom is 0.339 e. The molecular weight excluding hydrogens is 501 g/mol. The lowest BCUT2D eigenvalue weighted by Gasteiger charge is -2.15. The zero-order valence-corrected chi connectivity index (χ0v) is 20.7. The molecule has 1 N–H and O–H groups in total. The molecule has 0 unspecified atom stereocenters. The van der Waals surface area contributed by atoms with Crippen molar-refractivity contribution >= 4 is 28.1 Å². The third-order valence-corrected chi connectivity index (χ3v) is 6.96. The minimum atomic E-state index is -4.21. The van der Waals surface area contributed by atoms with Crippen LogP contribution in [0.4, 0.5) is 4.39 Å². The Labute approximate surface area is 213 Å². The van der Waals surface area contributed by atoms with E-state index in [1.54, 1.807) is 0 Å². The molecule has 0 radical (unpaired) electrons. The summed E-state index contributed by atoms with van der Waals surface area (Å²) < 4.78 is 48.4. The van der Waals surface area contributed by atoms with E-state index in [2.05, 4.69) is 10.5 Å². The van der Waals surface area contributed by atoms with Crippen molar-refractivity contribution in [1.29, 1.82) is 0 Å². The molecule has 37 heavy (non-hydrogen) atoms. The summed E-state index contributed by atoms with van der Waals surface area (Å²) in [6.07, 6.45) is 1.70. The summed E-state index contributed by atoms with van der Waals surface area (Å²) in [5.74, 6) is -1.04. The van der Waals surface area contributed by atoms with Crippen LogP contribution in [0.3, 0.4) is 0 Å². The fourth-order valence-electron chi connectivity index (χ4n) is 3.86. The van der Waals surface area contributed by atoms with Gasteiger partial charge < -0.3 is 13.8 Å². The molecule has 1 atom stereocenters. The number of likely N-dealkylation sites (tertiary alicyclic amines) is 1. The molecule has 1 aliphatic heterocycles. The Bertz CT molecular complexity index is 1410. The number of nitrogens with zero attached hydrogens (tertiary/aromatic N) is 2. The first-order chi connectivity index (χ1) is 17.7. The lowest BCUT2D eigenvalue weighted by atomic mass is 9.99. The Hall–Kier alpha value is -4.25. The molecule has 3 aromatic rings. The van der Waals surface area contributed by atoms with Crippen LogP contribution >= 0.6 is 0 Å². The van der Waals surface area contributed by atoms with Gasteiger partial charge in [-0.3, -0.25) is 9.59 Å². The molecule has 1 saturated heterocycles. The number of hydrogen-bond acceptors (Lipinski definition) is 7. The average Bonchev–Trinajstić information content (AvgIpc) is 3.25. The second kappa shape index (κ2) is 11.2. The van der Waals surface area contributed by atoms with Gasteiger partial charge in [0.1, 0.15) is 17.3 Å². The van der Waals surface area contributed by atoms with Crippen molar-refractivity contribution in [3.05, 3.63) is 89.7 Å². The minimum Gasteiger partial charge on any atom is -0.493 e. The Morgan fingerprint density at radius 1 is 1.11 bits per heavy atom. The summed E-state index contributed by atoms with van der Waals surface area (Å²) in [7, 11) is -2.87.